The van der Waals surface area contributed by atoms with Crippen LogP contribution >= 0.6 is 0 Å². The summed E-state index contributed by atoms with van der Waals surface area (Å²) in [6.45, 7) is 4.06. The third-order valence-electron chi connectivity index (χ3n) is 3.30. The van der Waals surface area contributed by atoms with Gasteiger partial charge in [-0.1, -0.05) is 13.8 Å². The molecule has 0 radical (unpaired) electrons. The number of rotatable bonds is 5. The van der Waals surface area contributed by atoms with Crippen LogP contribution in [0.2, 0.25) is 0 Å². The van der Waals surface area contributed by atoms with E-state index in [2.05, 4.69) is 0 Å². The third kappa shape index (κ3) is 2.38. The molecule has 0 aromatic heterocycles. The second-order valence-electron chi connectivity index (χ2n) is 4.34. The fourth-order valence-electron chi connectivity index (χ4n) is 2.07. The van der Waals surface area contributed by atoms with Crippen molar-refractivity contribution in [2.24, 2.45) is 5.41 Å². The minimum atomic E-state index is -3.25. The summed E-state index contributed by atoms with van der Waals surface area (Å²) in [5.41, 5.74) is -0.874. The maximum atomic E-state index is 11.8. The van der Waals surface area contributed by atoms with Gasteiger partial charge in [-0.25, -0.2) is 12.7 Å². The highest BCUT2D eigenvalue weighted by molar-refractivity contribution is 7.89. The quantitative estimate of drug-likeness (QED) is 0.786. The largest absolute Gasteiger partial charge is 0.481 e. The van der Waals surface area contributed by atoms with E-state index in [1.807, 2.05) is 0 Å². The molecule has 1 aliphatic heterocycles. The van der Waals surface area contributed by atoms with E-state index in [4.69, 9.17) is 5.11 Å². The molecule has 0 saturated carbocycles. The van der Waals surface area contributed by atoms with Crippen LogP contribution in [0.15, 0.2) is 0 Å². The fraction of sp³-hybridized carbons (Fsp3) is 0.900. The molecule has 0 aliphatic carbocycles. The highest BCUT2D eigenvalue weighted by Crippen LogP contribution is 2.35. The van der Waals surface area contributed by atoms with E-state index in [-0.39, 0.29) is 12.3 Å². The van der Waals surface area contributed by atoms with Gasteiger partial charge in [0.05, 0.1) is 11.2 Å². The Hall–Kier alpha value is -0.620. The monoisotopic (exact) mass is 249 g/mol. The number of sulfonamides is 1. The first kappa shape index (κ1) is 13.4. The first-order valence-electron chi connectivity index (χ1n) is 5.59. The third-order valence-corrected chi connectivity index (χ3v) is 5.33. The normalized spacial score (nSPS) is 27.1. The molecule has 1 rings (SSSR count). The van der Waals surface area contributed by atoms with Crippen LogP contribution in [0.5, 0.6) is 0 Å². The molecule has 0 spiro atoms. The average Bonchev–Trinajstić information content (AvgIpc) is 2.63. The van der Waals surface area contributed by atoms with Crippen molar-refractivity contribution in [1.82, 2.24) is 4.31 Å². The van der Waals surface area contributed by atoms with Crippen LogP contribution in [0.3, 0.4) is 0 Å². The smallest absolute Gasteiger partial charge is 0.311 e. The van der Waals surface area contributed by atoms with E-state index in [0.717, 1.165) is 0 Å². The molecule has 1 N–H and O–H groups in total. The van der Waals surface area contributed by atoms with Crippen LogP contribution < -0.4 is 0 Å². The summed E-state index contributed by atoms with van der Waals surface area (Å²) in [5, 5.41) is 9.16. The molecule has 0 aromatic carbocycles. The predicted octanol–water partition coefficient (Wildman–Crippen LogP) is 0.913. The van der Waals surface area contributed by atoms with Crippen molar-refractivity contribution >= 4 is 16.0 Å². The van der Waals surface area contributed by atoms with Gasteiger partial charge in [0.1, 0.15) is 0 Å². The van der Waals surface area contributed by atoms with Gasteiger partial charge in [0.25, 0.3) is 0 Å². The van der Waals surface area contributed by atoms with E-state index in [1.165, 1.54) is 4.31 Å². The highest BCUT2D eigenvalue weighted by Gasteiger charge is 2.46. The Bertz CT molecular complexity index is 365. The molecule has 1 fully saturated rings. The number of carbonyl (C=O) groups is 1. The fourth-order valence-corrected chi connectivity index (χ4v) is 3.66. The van der Waals surface area contributed by atoms with E-state index in [1.54, 1.807) is 13.8 Å². The Morgan fingerprint density at radius 3 is 2.44 bits per heavy atom. The number of nitrogens with zero attached hydrogens (tertiary/aromatic N) is 1. The van der Waals surface area contributed by atoms with Crippen LogP contribution in [0.1, 0.15) is 33.1 Å². The van der Waals surface area contributed by atoms with Crippen molar-refractivity contribution in [3.63, 3.8) is 0 Å². The summed E-state index contributed by atoms with van der Waals surface area (Å²) in [5.74, 6) is -0.781. The highest BCUT2D eigenvalue weighted by atomic mass is 32.2. The van der Waals surface area contributed by atoms with Crippen molar-refractivity contribution in [2.45, 2.75) is 33.1 Å². The Morgan fingerprint density at radius 2 is 2.06 bits per heavy atom. The van der Waals surface area contributed by atoms with Crippen molar-refractivity contribution in [2.75, 3.05) is 18.8 Å². The number of aliphatic carboxylic acids is 1. The van der Waals surface area contributed by atoms with Crippen LogP contribution in [0.25, 0.3) is 0 Å². The molecule has 0 aromatic rings. The lowest BCUT2D eigenvalue weighted by Gasteiger charge is -2.22. The standard InChI is InChI=1S/C10H19NO4S/c1-3-7-16(14,15)11-6-5-10(4-2,8-11)9(12)13/h3-8H2,1-2H3,(H,12,13). The number of carboxylic acids is 1. The van der Waals surface area contributed by atoms with Gasteiger partial charge in [0, 0.05) is 13.1 Å². The van der Waals surface area contributed by atoms with Gasteiger partial charge < -0.3 is 5.11 Å². The van der Waals surface area contributed by atoms with Crippen molar-refractivity contribution < 1.29 is 18.3 Å². The van der Waals surface area contributed by atoms with Gasteiger partial charge in [0.15, 0.2) is 0 Å². The Balaban J connectivity index is 2.83. The zero-order valence-electron chi connectivity index (χ0n) is 9.77. The second kappa shape index (κ2) is 4.71. The molecule has 1 atom stereocenters. The number of carboxylic acid groups (broad SMARTS) is 1. The maximum Gasteiger partial charge on any atom is 0.311 e. The van der Waals surface area contributed by atoms with Crippen LogP contribution in [-0.4, -0.2) is 42.6 Å². The molecule has 1 heterocycles. The summed E-state index contributed by atoms with van der Waals surface area (Å²) in [7, 11) is -3.25. The Morgan fingerprint density at radius 1 is 1.44 bits per heavy atom. The summed E-state index contributed by atoms with van der Waals surface area (Å²) >= 11 is 0. The van der Waals surface area contributed by atoms with Crippen LogP contribution in [0.4, 0.5) is 0 Å². The molecule has 94 valence electrons. The summed E-state index contributed by atoms with van der Waals surface area (Å²) in [6, 6.07) is 0. The molecule has 0 amide bonds. The lowest BCUT2D eigenvalue weighted by molar-refractivity contribution is -0.148. The molecule has 16 heavy (non-hydrogen) atoms. The lowest BCUT2D eigenvalue weighted by Crippen LogP contribution is -2.37. The average molecular weight is 249 g/mol. The minimum Gasteiger partial charge on any atom is -0.481 e. The zero-order chi connectivity index (χ0) is 12.4. The van der Waals surface area contributed by atoms with Crippen molar-refractivity contribution in [3.8, 4) is 0 Å². The van der Waals surface area contributed by atoms with Gasteiger partial charge in [-0.3, -0.25) is 4.79 Å². The number of hydrogen-bond donors (Lipinski definition) is 1. The molecule has 0 bridgehead atoms. The molecule has 1 saturated heterocycles. The lowest BCUT2D eigenvalue weighted by atomic mass is 9.85. The second-order valence-corrected chi connectivity index (χ2v) is 6.43. The predicted molar refractivity (Wildman–Crippen MR) is 60.6 cm³/mol. The molecule has 1 aliphatic rings. The van der Waals surface area contributed by atoms with Gasteiger partial charge in [-0.15, -0.1) is 0 Å². The van der Waals surface area contributed by atoms with E-state index in [9.17, 15) is 13.2 Å². The minimum absolute atomic E-state index is 0.104. The maximum absolute atomic E-state index is 11.8. The van der Waals surface area contributed by atoms with Crippen LogP contribution in [0, 0.1) is 5.41 Å². The van der Waals surface area contributed by atoms with Crippen LogP contribution in [-0.2, 0) is 14.8 Å². The zero-order valence-corrected chi connectivity index (χ0v) is 10.6. The molecular weight excluding hydrogens is 230 g/mol. The Labute approximate surface area is 96.5 Å². The van der Waals surface area contributed by atoms with Crippen molar-refractivity contribution in [1.29, 1.82) is 0 Å². The first-order valence-corrected chi connectivity index (χ1v) is 7.20. The molecule has 6 heteroatoms. The summed E-state index contributed by atoms with van der Waals surface area (Å²) in [6.07, 6.45) is 1.45. The van der Waals surface area contributed by atoms with E-state index >= 15 is 0 Å². The summed E-state index contributed by atoms with van der Waals surface area (Å²) < 4.78 is 24.9. The number of hydrogen-bond acceptors (Lipinski definition) is 3. The van der Waals surface area contributed by atoms with Gasteiger partial charge in [0.2, 0.25) is 10.0 Å². The van der Waals surface area contributed by atoms with Gasteiger partial charge in [-0.05, 0) is 19.3 Å². The topological polar surface area (TPSA) is 74.7 Å². The van der Waals surface area contributed by atoms with E-state index < -0.39 is 21.4 Å². The van der Waals surface area contributed by atoms with Crippen molar-refractivity contribution in [3.05, 3.63) is 0 Å². The molecular formula is C10H19NO4S. The first-order chi connectivity index (χ1) is 7.38. The SMILES string of the molecule is CCCS(=O)(=O)N1CCC(CC)(C(=O)O)C1. The van der Waals surface area contributed by atoms with Gasteiger partial charge >= 0.3 is 5.97 Å². The van der Waals surface area contributed by atoms with E-state index in [0.29, 0.717) is 25.8 Å². The Kier molecular flexibility index (Phi) is 3.96. The molecule has 1 unspecified atom stereocenters. The summed E-state index contributed by atoms with van der Waals surface area (Å²) in [4.78, 5) is 11.2. The molecule has 5 nitrogen and oxygen atoms in total. The van der Waals surface area contributed by atoms with Gasteiger partial charge in [-0.2, -0.15) is 0 Å².